The molecule has 10 nitrogen and oxygen atoms in total. The highest BCUT2D eigenvalue weighted by molar-refractivity contribution is 6.33. The molecule has 0 radical (unpaired) electrons. The van der Waals surface area contributed by atoms with Crippen LogP contribution in [0.4, 0.5) is 16.2 Å². The number of carbonyl (C=O) groups excluding carboxylic acids is 2. The van der Waals surface area contributed by atoms with E-state index in [0.717, 1.165) is 54.5 Å². The molecule has 3 amide bonds. The number of amides is 3. The van der Waals surface area contributed by atoms with Crippen molar-refractivity contribution in [2.24, 2.45) is 0 Å². The molecule has 2 aromatic heterocycles. The van der Waals surface area contributed by atoms with E-state index in [0.29, 0.717) is 47.0 Å². The molecule has 1 aliphatic heterocycles. The maximum atomic E-state index is 13.2. The quantitative estimate of drug-likeness (QED) is 0.174. The fraction of sp³-hybridized carbons (Fsp3) is 0.361. The first-order valence-corrected chi connectivity index (χ1v) is 16.7. The smallest absolute Gasteiger partial charge is 0.323 e. The van der Waals surface area contributed by atoms with Gasteiger partial charge in [-0.25, -0.2) is 9.48 Å². The monoisotopic (exact) mass is 653 g/mol. The van der Waals surface area contributed by atoms with Crippen molar-refractivity contribution in [3.05, 3.63) is 93.5 Å². The Morgan fingerprint density at radius 3 is 2.45 bits per heavy atom. The summed E-state index contributed by atoms with van der Waals surface area (Å²) in [5, 5.41) is 13.6. The standard InChI is InChI=1S/C36H40ClN7O3/c1-3-44-35(46)32(40-36(47)41-33-29(23-8-4-9-23)21-38-22-30(33)37)20-31(42-44)26-12-5-10-24(18-26)25-11-6-13-27(19-25)34(45)39-16-15-28-14-7-17-43(28)2/h5-6,10-13,18-23,28H,3-4,7-9,14-17H2,1-2H3,(H,39,45)(H2,38,40,41,47). The van der Waals surface area contributed by atoms with E-state index < -0.39 is 11.6 Å². The lowest BCUT2D eigenvalue weighted by Crippen LogP contribution is -2.31. The summed E-state index contributed by atoms with van der Waals surface area (Å²) in [6.07, 6.45) is 9.72. The van der Waals surface area contributed by atoms with E-state index in [1.807, 2.05) is 55.5 Å². The molecule has 4 aromatic rings. The Morgan fingerprint density at radius 2 is 1.72 bits per heavy atom. The summed E-state index contributed by atoms with van der Waals surface area (Å²) in [7, 11) is 2.14. The number of nitrogens with one attached hydrogen (secondary N) is 3. The predicted molar refractivity (Wildman–Crippen MR) is 186 cm³/mol. The Kier molecular flexibility index (Phi) is 9.98. The highest BCUT2D eigenvalue weighted by atomic mass is 35.5. The number of urea groups is 1. The molecule has 244 valence electrons. The first kappa shape index (κ1) is 32.4. The molecule has 1 saturated carbocycles. The third-order valence-electron chi connectivity index (χ3n) is 9.29. The molecule has 1 atom stereocenters. The molecule has 3 N–H and O–H groups in total. The van der Waals surface area contributed by atoms with E-state index in [9.17, 15) is 14.4 Å². The minimum atomic E-state index is -0.574. The maximum absolute atomic E-state index is 13.2. The Balaban J connectivity index is 1.20. The Bertz CT molecular complexity index is 1840. The third kappa shape index (κ3) is 7.39. The number of pyridine rings is 1. The van der Waals surface area contributed by atoms with Crippen LogP contribution in [0, 0.1) is 0 Å². The van der Waals surface area contributed by atoms with E-state index >= 15 is 0 Å². The highest BCUT2D eigenvalue weighted by Crippen LogP contribution is 2.41. The minimum Gasteiger partial charge on any atom is -0.352 e. The Morgan fingerprint density at radius 1 is 0.957 bits per heavy atom. The summed E-state index contributed by atoms with van der Waals surface area (Å²) >= 11 is 6.43. The molecule has 0 bridgehead atoms. The van der Waals surface area contributed by atoms with Gasteiger partial charge in [0.05, 0.1) is 16.4 Å². The van der Waals surface area contributed by atoms with Crippen LogP contribution in [0.25, 0.3) is 22.4 Å². The fourth-order valence-corrected chi connectivity index (χ4v) is 6.57. The van der Waals surface area contributed by atoms with Gasteiger partial charge in [-0.15, -0.1) is 0 Å². The molecular weight excluding hydrogens is 614 g/mol. The zero-order valence-electron chi connectivity index (χ0n) is 26.8. The van der Waals surface area contributed by atoms with Crippen molar-refractivity contribution in [3.63, 3.8) is 0 Å². The number of rotatable bonds is 10. The van der Waals surface area contributed by atoms with Gasteiger partial charge < -0.3 is 20.9 Å². The van der Waals surface area contributed by atoms with Crippen molar-refractivity contribution >= 4 is 34.9 Å². The molecule has 3 heterocycles. The average molecular weight is 654 g/mol. The fourth-order valence-electron chi connectivity index (χ4n) is 6.36. The molecule has 11 heteroatoms. The van der Waals surface area contributed by atoms with Crippen LogP contribution in [0.5, 0.6) is 0 Å². The topological polar surface area (TPSA) is 121 Å². The number of halogens is 1. The van der Waals surface area contributed by atoms with Crippen molar-refractivity contribution in [1.82, 2.24) is 25.0 Å². The van der Waals surface area contributed by atoms with Gasteiger partial charge in [0, 0.05) is 42.7 Å². The van der Waals surface area contributed by atoms with Crippen LogP contribution in [0.2, 0.25) is 5.02 Å². The van der Waals surface area contributed by atoms with Crippen molar-refractivity contribution in [3.8, 4) is 22.4 Å². The summed E-state index contributed by atoms with van der Waals surface area (Å²) in [4.78, 5) is 45.9. The number of nitrogens with zero attached hydrogens (tertiary/aromatic N) is 4. The number of carbonyl (C=O) groups is 2. The molecule has 6 rings (SSSR count). The second kappa shape index (κ2) is 14.5. The molecule has 1 saturated heterocycles. The summed E-state index contributed by atoms with van der Waals surface area (Å²) in [5.41, 5.74) is 4.74. The van der Waals surface area contributed by atoms with E-state index in [4.69, 9.17) is 11.6 Å². The van der Waals surface area contributed by atoms with E-state index in [1.165, 1.54) is 23.7 Å². The molecule has 2 fully saturated rings. The first-order chi connectivity index (χ1) is 22.8. The van der Waals surface area contributed by atoms with Gasteiger partial charge in [0.1, 0.15) is 5.69 Å². The number of aryl methyl sites for hydroxylation is 1. The van der Waals surface area contributed by atoms with Crippen LogP contribution in [0.1, 0.15) is 67.3 Å². The average Bonchev–Trinajstić information content (AvgIpc) is 3.47. The molecule has 1 unspecified atom stereocenters. The lowest BCUT2D eigenvalue weighted by atomic mass is 9.80. The molecule has 47 heavy (non-hydrogen) atoms. The normalized spacial score (nSPS) is 16.4. The number of anilines is 2. The predicted octanol–water partition coefficient (Wildman–Crippen LogP) is 6.77. The molecule has 2 aliphatic rings. The van der Waals surface area contributed by atoms with Crippen LogP contribution in [-0.2, 0) is 6.54 Å². The summed E-state index contributed by atoms with van der Waals surface area (Å²) < 4.78 is 1.32. The van der Waals surface area contributed by atoms with Gasteiger partial charge in [-0.2, -0.15) is 5.10 Å². The van der Waals surface area contributed by atoms with Crippen molar-refractivity contribution in [1.29, 1.82) is 0 Å². The zero-order chi connectivity index (χ0) is 32.9. The molecular formula is C36H40ClN7O3. The number of hydrogen-bond donors (Lipinski definition) is 3. The second-order valence-corrected chi connectivity index (χ2v) is 12.7. The van der Waals surface area contributed by atoms with Crippen molar-refractivity contribution < 1.29 is 9.59 Å². The first-order valence-electron chi connectivity index (χ1n) is 16.3. The van der Waals surface area contributed by atoms with Crippen LogP contribution in [0.3, 0.4) is 0 Å². The van der Waals surface area contributed by atoms with E-state index in [2.05, 4.69) is 38.0 Å². The zero-order valence-corrected chi connectivity index (χ0v) is 27.5. The second-order valence-electron chi connectivity index (χ2n) is 12.3. The van der Waals surface area contributed by atoms with Gasteiger partial charge in [-0.1, -0.05) is 48.4 Å². The minimum absolute atomic E-state index is 0.0950. The van der Waals surface area contributed by atoms with Gasteiger partial charge in [-0.05, 0) is 99.5 Å². The number of likely N-dealkylation sites (tertiary alicyclic amines) is 1. The highest BCUT2D eigenvalue weighted by Gasteiger charge is 2.25. The summed E-state index contributed by atoms with van der Waals surface area (Å²) in [6.45, 7) is 3.89. The van der Waals surface area contributed by atoms with Crippen LogP contribution >= 0.6 is 11.6 Å². The Hall–Kier alpha value is -4.54. The van der Waals surface area contributed by atoms with Crippen LogP contribution in [-0.4, -0.2) is 57.8 Å². The SMILES string of the molecule is CCn1nc(-c2cccc(-c3cccc(C(=O)NCCC4CCCN4C)c3)c2)cc(NC(=O)Nc2c(Cl)cncc2C2CCC2)c1=O. The van der Waals surface area contributed by atoms with Crippen LogP contribution in [0.15, 0.2) is 71.8 Å². The summed E-state index contributed by atoms with van der Waals surface area (Å²) in [6, 6.07) is 16.8. The van der Waals surface area contributed by atoms with Crippen molar-refractivity contribution in [2.75, 3.05) is 30.8 Å². The van der Waals surface area contributed by atoms with Gasteiger partial charge in [-0.3, -0.25) is 14.6 Å². The molecule has 1 aliphatic carbocycles. The third-order valence-corrected chi connectivity index (χ3v) is 9.57. The lowest BCUT2D eigenvalue weighted by Gasteiger charge is -2.27. The largest absolute Gasteiger partial charge is 0.352 e. The lowest BCUT2D eigenvalue weighted by molar-refractivity contribution is 0.0950. The van der Waals surface area contributed by atoms with Crippen LogP contribution < -0.4 is 21.5 Å². The van der Waals surface area contributed by atoms with Gasteiger partial charge in [0.2, 0.25) is 0 Å². The number of aromatic nitrogens is 3. The molecule has 0 spiro atoms. The van der Waals surface area contributed by atoms with Gasteiger partial charge in [0.15, 0.2) is 0 Å². The van der Waals surface area contributed by atoms with Gasteiger partial charge >= 0.3 is 6.03 Å². The summed E-state index contributed by atoms with van der Waals surface area (Å²) in [5.74, 6) is 0.203. The molecule has 2 aromatic carbocycles. The van der Waals surface area contributed by atoms with Gasteiger partial charge in [0.25, 0.3) is 11.5 Å². The van der Waals surface area contributed by atoms with E-state index in [1.54, 1.807) is 12.3 Å². The Labute approximate surface area is 279 Å². The van der Waals surface area contributed by atoms with E-state index in [-0.39, 0.29) is 11.6 Å². The number of hydrogen-bond acceptors (Lipinski definition) is 6. The number of benzene rings is 2. The maximum Gasteiger partial charge on any atom is 0.323 e. The van der Waals surface area contributed by atoms with Crippen molar-refractivity contribution in [2.45, 2.75) is 64.0 Å².